The van der Waals surface area contributed by atoms with Crippen molar-refractivity contribution < 1.29 is 49.9 Å². The van der Waals surface area contributed by atoms with Crippen LogP contribution in [-0.2, 0) is 0 Å². The zero-order chi connectivity index (χ0) is 0. The third-order valence-corrected chi connectivity index (χ3v) is 0. The summed E-state index contributed by atoms with van der Waals surface area (Å²) in [5, 5.41) is 0. The molecule has 0 aromatic heterocycles. The Hall–Kier alpha value is 0.560. The van der Waals surface area contributed by atoms with Crippen LogP contribution in [-0.4, -0.2) is 37.7 Å². The molecule has 11 heavy (non-hydrogen) atoms. The molecule has 0 fully saturated rings. The monoisotopic (exact) mass is 242 g/mol. The Morgan fingerprint density at radius 2 is 0.273 bits per heavy atom. The van der Waals surface area contributed by atoms with Crippen LogP contribution in [0.2, 0.25) is 0 Å². The van der Waals surface area contributed by atoms with Gasteiger partial charge in [-0.15, -0.1) is 0 Å². The minimum absolute atomic E-state index is 0. The minimum atomic E-state index is 0. The van der Waals surface area contributed by atoms with Gasteiger partial charge in [-0.3, -0.25) is 47.0 Å². The molecule has 0 radical (unpaired) electrons. The summed E-state index contributed by atoms with van der Waals surface area (Å²) in [5.41, 5.74) is 0. The molecule has 0 unspecified atom stereocenters. The maximum Gasteiger partial charge on any atom is 2.00 e. The smallest absolute Gasteiger partial charge is 1.00 e. The summed E-state index contributed by atoms with van der Waals surface area (Å²) >= 11 is 0. The molecular weight excluding hydrogens is 230 g/mol. The number of halogens is 10. The standard InChI is InChI=1S/Ca.10FH.2H/h;10*1H;;/q+2;;;;;;;;;;;2*-1. The van der Waals surface area contributed by atoms with E-state index in [1.165, 1.54) is 0 Å². The first-order valence-electron chi connectivity index (χ1n) is 0. The van der Waals surface area contributed by atoms with Crippen molar-refractivity contribution in [3.05, 3.63) is 0 Å². The van der Waals surface area contributed by atoms with E-state index >= 15 is 0 Å². The van der Waals surface area contributed by atoms with Crippen molar-refractivity contribution in [2.24, 2.45) is 0 Å². The van der Waals surface area contributed by atoms with E-state index in [-0.39, 0.29) is 87.6 Å². The van der Waals surface area contributed by atoms with Crippen molar-refractivity contribution in [3.8, 4) is 0 Å². The Kier molecular flexibility index (Phi) is 1150000. The fourth-order valence-electron chi connectivity index (χ4n) is 0. The fraction of sp³-hybridized carbons (Fsp3) is 0. The molecule has 0 aliphatic rings. The summed E-state index contributed by atoms with van der Waals surface area (Å²) in [6.07, 6.45) is 0. The molecule has 0 aliphatic heterocycles. The Balaban J connectivity index is 0. The van der Waals surface area contributed by atoms with Crippen molar-refractivity contribution in [1.29, 1.82) is 0 Å². The van der Waals surface area contributed by atoms with Gasteiger partial charge in [0.25, 0.3) is 0 Å². The van der Waals surface area contributed by atoms with Crippen LogP contribution in [0.15, 0.2) is 0 Å². The van der Waals surface area contributed by atoms with Gasteiger partial charge in [0.1, 0.15) is 0 Å². The first-order chi connectivity index (χ1) is 0. The van der Waals surface area contributed by atoms with E-state index in [1.54, 1.807) is 0 Å². The summed E-state index contributed by atoms with van der Waals surface area (Å²) in [5.74, 6) is 0. The van der Waals surface area contributed by atoms with Crippen LogP contribution in [0, 0.1) is 0 Å². The van der Waals surface area contributed by atoms with Gasteiger partial charge in [0.15, 0.2) is 0 Å². The Morgan fingerprint density at radius 1 is 0.273 bits per heavy atom. The van der Waals surface area contributed by atoms with Crippen molar-refractivity contribution in [3.63, 3.8) is 0 Å². The summed E-state index contributed by atoms with van der Waals surface area (Å²) in [4.78, 5) is 0. The molecular formula is H12CaF10. The quantitative estimate of drug-likeness (QED) is 0.444. The molecule has 0 aromatic rings. The summed E-state index contributed by atoms with van der Waals surface area (Å²) in [6, 6.07) is 0. The van der Waals surface area contributed by atoms with E-state index in [2.05, 4.69) is 0 Å². The Labute approximate surface area is 87.7 Å². The molecule has 0 nitrogen and oxygen atoms in total. The Bertz CT molecular complexity index is 12.9. The van der Waals surface area contributed by atoms with Crippen LogP contribution in [0.1, 0.15) is 2.85 Å². The van der Waals surface area contributed by atoms with Gasteiger partial charge in [0.2, 0.25) is 0 Å². The molecule has 0 saturated carbocycles. The molecule has 84 valence electrons. The van der Waals surface area contributed by atoms with Crippen LogP contribution >= 0.6 is 0 Å². The van der Waals surface area contributed by atoms with Crippen LogP contribution in [0.3, 0.4) is 0 Å². The van der Waals surface area contributed by atoms with E-state index in [0.29, 0.717) is 0 Å². The minimum Gasteiger partial charge on any atom is -1.00 e. The van der Waals surface area contributed by atoms with Gasteiger partial charge in [-0.25, -0.2) is 0 Å². The van der Waals surface area contributed by atoms with Gasteiger partial charge in [-0.05, 0) is 0 Å². The number of rotatable bonds is 0. The van der Waals surface area contributed by atoms with Gasteiger partial charge >= 0.3 is 37.7 Å². The molecule has 0 bridgehead atoms. The van der Waals surface area contributed by atoms with E-state index in [1.807, 2.05) is 0 Å². The molecule has 0 amide bonds. The van der Waals surface area contributed by atoms with Gasteiger partial charge in [-0.1, -0.05) is 0 Å². The molecule has 0 atom stereocenters. The van der Waals surface area contributed by atoms with Gasteiger partial charge in [0.05, 0.1) is 0 Å². The van der Waals surface area contributed by atoms with E-state index < -0.39 is 0 Å². The molecule has 0 rings (SSSR count). The predicted octanol–water partition coefficient (Wildman–Crippen LogP) is 1.37. The van der Waals surface area contributed by atoms with Gasteiger partial charge in [0, 0.05) is 0 Å². The number of hydrogen-bond acceptors (Lipinski definition) is 0. The molecule has 0 N–H and O–H groups in total. The van der Waals surface area contributed by atoms with Crippen molar-refractivity contribution in [1.82, 2.24) is 0 Å². The maximum absolute atomic E-state index is 0. The first kappa shape index (κ1) is 4110. The maximum atomic E-state index is 0. The molecule has 0 heterocycles. The largest absolute Gasteiger partial charge is 2.00 e. The van der Waals surface area contributed by atoms with Crippen LogP contribution in [0.5, 0.6) is 0 Å². The third-order valence-electron chi connectivity index (χ3n) is 0. The molecule has 0 saturated heterocycles. The third kappa shape index (κ3) is 2470. The molecule has 0 aromatic carbocycles. The van der Waals surface area contributed by atoms with Crippen LogP contribution in [0.25, 0.3) is 0 Å². The van der Waals surface area contributed by atoms with Crippen molar-refractivity contribution >= 4 is 37.7 Å². The van der Waals surface area contributed by atoms with Crippen LogP contribution in [0.4, 0.5) is 47.0 Å². The normalized spacial score (nSPS) is 0. The second-order valence-corrected chi connectivity index (χ2v) is 0. The van der Waals surface area contributed by atoms with E-state index in [0.717, 1.165) is 0 Å². The Morgan fingerprint density at radius 3 is 0.273 bits per heavy atom. The van der Waals surface area contributed by atoms with Crippen molar-refractivity contribution in [2.45, 2.75) is 0 Å². The predicted molar refractivity (Wildman–Crippen MR) is 33.0 cm³/mol. The van der Waals surface area contributed by atoms with Gasteiger partial charge in [-0.2, -0.15) is 0 Å². The van der Waals surface area contributed by atoms with E-state index in [9.17, 15) is 0 Å². The van der Waals surface area contributed by atoms with E-state index in [4.69, 9.17) is 0 Å². The average Bonchev–Trinajstić information content (AvgIpc) is 0. The van der Waals surface area contributed by atoms with Crippen molar-refractivity contribution in [2.75, 3.05) is 0 Å². The molecule has 11 heteroatoms. The summed E-state index contributed by atoms with van der Waals surface area (Å²) in [6.45, 7) is 0. The first-order valence-corrected chi connectivity index (χ1v) is 0. The van der Waals surface area contributed by atoms with Gasteiger partial charge < -0.3 is 2.85 Å². The second kappa shape index (κ2) is 3080. The summed E-state index contributed by atoms with van der Waals surface area (Å²) < 4.78 is 0. The fourth-order valence-corrected chi connectivity index (χ4v) is 0. The molecule has 0 spiro atoms. The topological polar surface area (TPSA) is 0 Å². The molecule has 0 aliphatic carbocycles. The number of hydrogen-bond donors (Lipinski definition) is 0. The summed E-state index contributed by atoms with van der Waals surface area (Å²) in [7, 11) is 0. The SMILES string of the molecule is F.F.F.F.F.F.F.F.F.F.[Ca+2].[H-].[H-]. The zero-order valence-corrected chi connectivity index (χ0v) is 7.00. The zero-order valence-electron chi connectivity index (χ0n) is 6.79. The van der Waals surface area contributed by atoms with Crippen LogP contribution < -0.4 is 0 Å². The average molecular weight is 242 g/mol. The second-order valence-electron chi connectivity index (χ2n) is 0.